The second kappa shape index (κ2) is 4.39. The maximum Gasteiger partial charge on any atom is 0.173 e. The summed E-state index contributed by atoms with van der Waals surface area (Å²) in [6, 6.07) is -0.731. The second-order valence-electron chi connectivity index (χ2n) is 6.91. The fourth-order valence-electron chi connectivity index (χ4n) is 4.42. The Kier molecular flexibility index (Phi) is 3.08. The van der Waals surface area contributed by atoms with Crippen LogP contribution in [0.5, 0.6) is 0 Å². The minimum Gasteiger partial charge on any atom is -0.762 e. The Morgan fingerprint density at radius 3 is 2.76 bits per heavy atom. The van der Waals surface area contributed by atoms with Crippen LogP contribution in [0.4, 0.5) is 0 Å². The van der Waals surface area contributed by atoms with Gasteiger partial charge in [-0.1, -0.05) is 6.92 Å². The van der Waals surface area contributed by atoms with E-state index in [-0.39, 0.29) is 11.0 Å². The van der Waals surface area contributed by atoms with Crippen molar-refractivity contribution in [3.8, 4) is 0 Å². The van der Waals surface area contributed by atoms with Crippen LogP contribution in [-0.2, 0) is 6.42 Å². The maximum absolute atomic E-state index is 12.9. The van der Waals surface area contributed by atoms with Crippen molar-refractivity contribution < 1.29 is 19.5 Å². The van der Waals surface area contributed by atoms with E-state index in [1.807, 2.05) is 0 Å². The highest BCUT2D eigenvalue weighted by molar-refractivity contribution is 6.02. The minimum absolute atomic E-state index is 0.0592. The Morgan fingerprint density at radius 2 is 2.14 bits per heavy atom. The monoisotopic (exact) mass is 294 g/mol. The van der Waals surface area contributed by atoms with Crippen LogP contribution in [-0.4, -0.2) is 33.0 Å². The number of hydroxylamine groups is 2. The zero-order chi connectivity index (χ0) is 15.6. The summed E-state index contributed by atoms with van der Waals surface area (Å²) >= 11 is 0. The van der Waals surface area contributed by atoms with Gasteiger partial charge in [-0.15, -0.1) is 0 Å². The fraction of sp³-hybridized carbons (Fsp3) is 0.667. The number of carbonyl (C=O) groups is 1. The van der Waals surface area contributed by atoms with E-state index in [1.165, 1.54) is 6.26 Å². The number of hydrogen-bond acceptors (Lipinski definition) is 6. The number of fused-ring (bicyclic) bond motifs is 2. The highest BCUT2D eigenvalue weighted by Gasteiger charge is 2.60. The molecular weight excluding hydrogens is 274 g/mol. The summed E-state index contributed by atoms with van der Waals surface area (Å²) in [6.45, 7) is 5.20. The number of hydrogen-bond donors (Lipinski definition) is 2. The highest BCUT2D eigenvalue weighted by Crippen LogP contribution is 2.54. The van der Waals surface area contributed by atoms with Crippen LogP contribution in [0.1, 0.15) is 48.4 Å². The standard InChI is InChI=1S/C15H20NO5/c1-8-7-21-9-6-14(2)10(16(19)20)4-5-15(3,18)13(14)12(17)11(8)9/h7,10,13,18-19H,4-6H2,1-3H3/q-1/t10-,13-,14+,15-/m1/s1. The molecule has 2 aliphatic rings. The first kappa shape index (κ1) is 14.7. The number of rotatable bonds is 1. The summed E-state index contributed by atoms with van der Waals surface area (Å²) in [5, 5.41) is 31.6. The van der Waals surface area contributed by atoms with Gasteiger partial charge < -0.3 is 19.9 Å². The van der Waals surface area contributed by atoms with Gasteiger partial charge in [0.1, 0.15) is 5.76 Å². The first-order valence-corrected chi connectivity index (χ1v) is 7.17. The van der Waals surface area contributed by atoms with Gasteiger partial charge in [-0.05, 0) is 32.3 Å². The molecule has 1 fully saturated rings. The Labute approximate surface area is 122 Å². The average Bonchev–Trinajstić information content (AvgIpc) is 2.68. The number of aliphatic hydroxyl groups is 1. The molecule has 0 bridgehead atoms. The van der Waals surface area contributed by atoms with Gasteiger partial charge in [0.15, 0.2) is 5.78 Å². The quantitative estimate of drug-likeness (QED) is 0.769. The molecule has 0 aliphatic heterocycles. The number of nitrogens with zero attached hydrogens (tertiary/aromatic N) is 1. The van der Waals surface area contributed by atoms with Gasteiger partial charge in [0.05, 0.1) is 23.3 Å². The van der Waals surface area contributed by atoms with Crippen molar-refractivity contribution >= 4 is 5.78 Å². The molecule has 1 aromatic heterocycles. The lowest BCUT2D eigenvalue weighted by Gasteiger charge is -2.57. The molecule has 0 radical (unpaired) electrons. The van der Waals surface area contributed by atoms with Crippen LogP contribution in [0.15, 0.2) is 10.7 Å². The minimum atomic E-state index is -1.19. The third-order valence-electron chi connectivity index (χ3n) is 5.33. The van der Waals surface area contributed by atoms with Crippen molar-refractivity contribution in [2.75, 3.05) is 0 Å². The summed E-state index contributed by atoms with van der Waals surface area (Å²) in [4.78, 5) is 12.9. The first-order valence-electron chi connectivity index (χ1n) is 7.17. The van der Waals surface area contributed by atoms with E-state index < -0.39 is 23.0 Å². The molecule has 0 unspecified atom stereocenters. The summed E-state index contributed by atoms with van der Waals surface area (Å²) < 4.78 is 5.46. The van der Waals surface area contributed by atoms with Crippen LogP contribution in [0.2, 0.25) is 0 Å². The SMILES string of the molecule is Cc1coc2c1C(=O)[C@@H]1[C@@](C)(C2)[C@H](N([O-])O)CC[C@@]1(C)O. The molecule has 1 saturated carbocycles. The molecule has 2 N–H and O–H groups in total. The third kappa shape index (κ3) is 1.90. The lowest BCUT2D eigenvalue weighted by Crippen LogP contribution is -2.63. The zero-order valence-electron chi connectivity index (χ0n) is 12.4. The van der Waals surface area contributed by atoms with Crippen LogP contribution in [0, 0.1) is 23.5 Å². The van der Waals surface area contributed by atoms with Gasteiger partial charge in [0.2, 0.25) is 0 Å². The summed E-state index contributed by atoms with van der Waals surface area (Å²) in [5.41, 5.74) is -0.779. The van der Waals surface area contributed by atoms with Crippen molar-refractivity contribution in [3.05, 3.63) is 28.4 Å². The largest absolute Gasteiger partial charge is 0.762 e. The van der Waals surface area contributed by atoms with Gasteiger partial charge in [-0.3, -0.25) is 10.0 Å². The molecule has 4 atom stereocenters. The molecule has 2 aliphatic carbocycles. The summed E-state index contributed by atoms with van der Waals surface area (Å²) in [6.07, 6.45) is 2.52. The topological polar surface area (TPSA) is 97.0 Å². The lowest BCUT2D eigenvalue weighted by molar-refractivity contribution is -0.180. The predicted molar refractivity (Wildman–Crippen MR) is 73.7 cm³/mol. The smallest absolute Gasteiger partial charge is 0.173 e. The molecule has 1 heterocycles. The van der Waals surface area contributed by atoms with Gasteiger partial charge in [0.25, 0.3) is 0 Å². The molecule has 6 nitrogen and oxygen atoms in total. The van der Waals surface area contributed by atoms with Crippen LogP contribution < -0.4 is 0 Å². The van der Waals surface area contributed by atoms with Gasteiger partial charge >= 0.3 is 0 Å². The number of furan rings is 1. The Morgan fingerprint density at radius 1 is 1.48 bits per heavy atom. The Bertz CT molecular complexity index is 591. The summed E-state index contributed by atoms with van der Waals surface area (Å²) in [7, 11) is 0. The van der Waals surface area contributed by atoms with Crippen molar-refractivity contribution in [2.45, 2.75) is 51.7 Å². The second-order valence-corrected chi connectivity index (χ2v) is 6.91. The molecule has 0 spiro atoms. The Hall–Kier alpha value is -1.21. The molecule has 0 saturated heterocycles. The first-order chi connectivity index (χ1) is 9.68. The van der Waals surface area contributed by atoms with E-state index in [2.05, 4.69) is 0 Å². The molecule has 0 aromatic carbocycles. The molecule has 0 amide bonds. The van der Waals surface area contributed by atoms with E-state index in [1.54, 1.807) is 20.8 Å². The summed E-state index contributed by atoms with van der Waals surface area (Å²) in [5.74, 6) is -0.376. The zero-order valence-corrected chi connectivity index (χ0v) is 12.4. The van der Waals surface area contributed by atoms with E-state index in [0.29, 0.717) is 30.6 Å². The number of Topliss-reactive ketones (excluding diaryl/α,β-unsaturated/α-hetero) is 1. The lowest BCUT2D eigenvalue weighted by atomic mass is 9.52. The van der Waals surface area contributed by atoms with E-state index >= 15 is 0 Å². The van der Waals surface area contributed by atoms with Crippen molar-refractivity contribution in [1.82, 2.24) is 5.23 Å². The maximum atomic E-state index is 12.9. The molecule has 3 rings (SSSR count). The third-order valence-corrected chi connectivity index (χ3v) is 5.33. The van der Waals surface area contributed by atoms with Gasteiger partial charge in [-0.2, -0.15) is 0 Å². The molecule has 21 heavy (non-hydrogen) atoms. The number of carbonyl (C=O) groups excluding carboxylic acids is 1. The van der Waals surface area contributed by atoms with Crippen molar-refractivity contribution in [2.24, 2.45) is 11.3 Å². The fourth-order valence-corrected chi connectivity index (χ4v) is 4.42. The van der Waals surface area contributed by atoms with Crippen molar-refractivity contribution in [1.29, 1.82) is 0 Å². The number of aryl methyl sites for hydroxylation is 1. The molecule has 1 aromatic rings. The molecule has 6 heteroatoms. The number of ketones is 1. The average molecular weight is 294 g/mol. The molecular formula is C15H20NO5-. The van der Waals surface area contributed by atoms with E-state index in [4.69, 9.17) is 4.42 Å². The predicted octanol–water partition coefficient (Wildman–Crippen LogP) is 2.05. The van der Waals surface area contributed by atoms with Crippen LogP contribution >= 0.6 is 0 Å². The van der Waals surface area contributed by atoms with E-state index in [0.717, 1.165) is 5.56 Å². The van der Waals surface area contributed by atoms with Crippen LogP contribution in [0.25, 0.3) is 0 Å². The van der Waals surface area contributed by atoms with Crippen molar-refractivity contribution in [3.63, 3.8) is 0 Å². The van der Waals surface area contributed by atoms with Gasteiger partial charge in [-0.25, -0.2) is 0 Å². The highest BCUT2D eigenvalue weighted by atomic mass is 16.8. The van der Waals surface area contributed by atoms with Gasteiger partial charge in [0, 0.05) is 17.9 Å². The van der Waals surface area contributed by atoms with Crippen LogP contribution in [0.3, 0.4) is 0 Å². The normalized spacial score (nSPS) is 39.3. The molecule has 116 valence electrons. The Balaban J connectivity index is 2.17. The van der Waals surface area contributed by atoms with E-state index in [9.17, 15) is 20.3 Å².